The molecule has 31 heavy (non-hydrogen) atoms. The predicted molar refractivity (Wildman–Crippen MR) is 120 cm³/mol. The molecule has 0 atom stereocenters. The van der Waals surface area contributed by atoms with E-state index in [1.54, 1.807) is 10.8 Å². The number of tetrazole rings is 1. The van der Waals surface area contributed by atoms with Gasteiger partial charge in [0.25, 0.3) is 5.78 Å². The Balaban J connectivity index is 1.50. The summed E-state index contributed by atoms with van der Waals surface area (Å²) in [5.74, 6) is 1.20. The molecule has 0 saturated carbocycles. The van der Waals surface area contributed by atoms with Gasteiger partial charge >= 0.3 is 0 Å². The summed E-state index contributed by atoms with van der Waals surface area (Å²) >= 11 is 5.74. The largest absolute Gasteiger partial charge is 0.280 e. The number of hydrogen-bond acceptors (Lipinski definition) is 6. The second kappa shape index (κ2) is 8.19. The summed E-state index contributed by atoms with van der Waals surface area (Å²) in [6, 6.07) is 16.5. The number of aryl methyl sites for hydroxylation is 1. The summed E-state index contributed by atoms with van der Waals surface area (Å²) in [6.07, 6.45) is 4.21. The molecule has 0 spiro atoms. The van der Waals surface area contributed by atoms with Gasteiger partial charge in [0.1, 0.15) is 11.0 Å². The lowest BCUT2D eigenvalue weighted by molar-refractivity contribution is 0.822. The van der Waals surface area contributed by atoms with E-state index in [0.29, 0.717) is 11.6 Å². The van der Waals surface area contributed by atoms with E-state index in [9.17, 15) is 0 Å². The molecule has 0 bridgehead atoms. The summed E-state index contributed by atoms with van der Waals surface area (Å²) in [6.45, 7) is 2.15. The smallest absolute Gasteiger partial charge is 0.251 e. The van der Waals surface area contributed by atoms with E-state index >= 15 is 0 Å². The summed E-state index contributed by atoms with van der Waals surface area (Å²) in [5, 5.41) is 17.5. The first-order valence-corrected chi connectivity index (χ1v) is 10.5. The van der Waals surface area contributed by atoms with Crippen LogP contribution >= 0.6 is 12.2 Å². The number of aromatic nitrogens is 8. The zero-order valence-corrected chi connectivity index (χ0v) is 17.7. The minimum absolute atomic E-state index is 0.579. The molecule has 0 aliphatic rings. The highest BCUT2D eigenvalue weighted by atomic mass is 32.1. The van der Waals surface area contributed by atoms with E-state index in [-0.39, 0.29) is 0 Å². The number of H-pyrrole nitrogens is 2. The molecule has 0 amide bonds. The van der Waals surface area contributed by atoms with Crippen molar-refractivity contribution >= 4 is 18.0 Å². The fraction of sp³-hybridized carbons (Fsp3) is 0.182. The first-order chi connectivity index (χ1) is 15.2. The molecule has 0 aliphatic heterocycles. The molecule has 5 rings (SSSR count). The number of fused-ring (bicyclic) bond motifs is 1. The molecule has 0 aliphatic carbocycles. The third-order valence-electron chi connectivity index (χ3n) is 5.26. The number of benzene rings is 2. The topological polar surface area (TPSA) is 100 Å². The molecule has 0 saturated heterocycles. The zero-order chi connectivity index (χ0) is 21.2. The van der Waals surface area contributed by atoms with Crippen LogP contribution in [0.15, 0.2) is 54.9 Å². The lowest BCUT2D eigenvalue weighted by atomic mass is 9.96. The second-order valence-corrected chi connectivity index (χ2v) is 7.66. The average molecular weight is 429 g/mol. The Morgan fingerprint density at radius 1 is 1.03 bits per heavy atom. The number of nitrogens with zero attached hydrogens (tertiary/aromatic N) is 6. The van der Waals surface area contributed by atoms with Crippen LogP contribution in [0.3, 0.4) is 0 Å². The first kappa shape index (κ1) is 19.3. The van der Waals surface area contributed by atoms with Gasteiger partial charge in [-0.15, -0.1) is 10.2 Å². The number of rotatable bonds is 6. The number of aromatic amines is 2. The molecule has 8 nitrogen and oxygen atoms in total. The molecule has 3 heterocycles. The van der Waals surface area contributed by atoms with Crippen molar-refractivity contribution in [1.82, 2.24) is 40.2 Å². The third-order valence-corrected chi connectivity index (χ3v) is 5.69. The summed E-state index contributed by atoms with van der Waals surface area (Å²) < 4.78 is 2.50. The summed E-state index contributed by atoms with van der Waals surface area (Å²) in [7, 11) is 0. The van der Waals surface area contributed by atoms with E-state index in [2.05, 4.69) is 68.0 Å². The van der Waals surface area contributed by atoms with Crippen LogP contribution in [0.5, 0.6) is 0 Å². The lowest BCUT2D eigenvalue weighted by Gasteiger charge is -2.11. The maximum Gasteiger partial charge on any atom is 0.251 e. The Morgan fingerprint density at radius 2 is 1.84 bits per heavy atom. The molecule has 2 N–H and O–H groups in total. The molecule has 0 radical (unpaired) electrons. The Bertz CT molecular complexity index is 1380. The molecule has 9 heteroatoms. The van der Waals surface area contributed by atoms with Gasteiger partial charge in [0.05, 0.1) is 5.69 Å². The molecular formula is C22H20N8S. The van der Waals surface area contributed by atoms with E-state index in [4.69, 9.17) is 17.2 Å². The highest BCUT2D eigenvalue weighted by Crippen LogP contribution is 2.30. The van der Waals surface area contributed by atoms with Gasteiger partial charge in [0.15, 0.2) is 0 Å². The second-order valence-electron chi connectivity index (χ2n) is 7.27. The van der Waals surface area contributed by atoms with Crippen LogP contribution in [0, 0.1) is 4.64 Å². The SMILES string of the molecule is CCCc1nc2nc[nH]n2c(=S)c1Cc1ccc(-c2ccccc2-c2nn[nH]n2)cc1. The Kier molecular flexibility index (Phi) is 5.09. The molecular weight excluding hydrogens is 408 g/mol. The van der Waals surface area contributed by atoms with Gasteiger partial charge in [-0.1, -0.05) is 74.1 Å². The van der Waals surface area contributed by atoms with Crippen LogP contribution < -0.4 is 0 Å². The summed E-state index contributed by atoms with van der Waals surface area (Å²) in [4.78, 5) is 8.98. The van der Waals surface area contributed by atoms with Gasteiger partial charge in [0, 0.05) is 17.5 Å². The number of nitrogens with one attached hydrogen (secondary N) is 2. The Morgan fingerprint density at radius 3 is 2.58 bits per heavy atom. The molecule has 2 aromatic carbocycles. The van der Waals surface area contributed by atoms with Crippen molar-refractivity contribution in [2.75, 3.05) is 0 Å². The first-order valence-electron chi connectivity index (χ1n) is 10.1. The quantitative estimate of drug-likeness (QED) is 0.394. The standard InChI is InChI=1S/C22H20N8S/c1-2-5-19-18(21(31)30-22(25-19)23-13-24-30)12-14-8-10-15(11-9-14)16-6-3-4-7-17(16)20-26-28-29-27-20/h3-4,6-11,13H,2,5,12H2,1H3,(H,23,24,25)(H,26,27,28,29). The van der Waals surface area contributed by atoms with Crippen LogP contribution in [-0.4, -0.2) is 40.2 Å². The van der Waals surface area contributed by atoms with Gasteiger partial charge in [-0.05, 0) is 28.3 Å². The van der Waals surface area contributed by atoms with Gasteiger partial charge in [-0.3, -0.25) is 5.10 Å². The van der Waals surface area contributed by atoms with Crippen LogP contribution in [0.4, 0.5) is 0 Å². The lowest BCUT2D eigenvalue weighted by Crippen LogP contribution is -2.06. The zero-order valence-electron chi connectivity index (χ0n) is 16.9. The maximum atomic E-state index is 5.74. The van der Waals surface area contributed by atoms with Crippen molar-refractivity contribution < 1.29 is 0 Å². The van der Waals surface area contributed by atoms with E-state index in [1.165, 1.54) is 5.56 Å². The van der Waals surface area contributed by atoms with Gasteiger partial charge in [-0.25, -0.2) is 14.5 Å². The highest BCUT2D eigenvalue weighted by molar-refractivity contribution is 7.71. The molecule has 154 valence electrons. The van der Waals surface area contributed by atoms with E-state index in [0.717, 1.165) is 51.9 Å². The Hall–Kier alpha value is -3.72. The minimum atomic E-state index is 0.579. The van der Waals surface area contributed by atoms with Gasteiger partial charge < -0.3 is 0 Å². The predicted octanol–water partition coefficient (Wildman–Crippen LogP) is 4.18. The van der Waals surface area contributed by atoms with E-state index in [1.807, 2.05) is 18.2 Å². The van der Waals surface area contributed by atoms with Crippen molar-refractivity contribution in [3.8, 4) is 22.5 Å². The van der Waals surface area contributed by atoms with Crippen LogP contribution in [0.25, 0.3) is 28.3 Å². The molecule has 0 fully saturated rings. The third kappa shape index (κ3) is 3.64. The maximum absolute atomic E-state index is 5.74. The normalized spacial score (nSPS) is 11.3. The van der Waals surface area contributed by atoms with Crippen molar-refractivity contribution in [2.45, 2.75) is 26.2 Å². The van der Waals surface area contributed by atoms with Gasteiger partial charge in [0.2, 0.25) is 5.82 Å². The molecule has 0 unspecified atom stereocenters. The van der Waals surface area contributed by atoms with Gasteiger partial charge in [-0.2, -0.15) is 5.21 Å². The van der Waals surface area contributed by atoms with Crippen molar-refractivity contribution in [2.24, 2.45) is 0 Å². The van der Waals surface area contributed by atoms with Crippen LogP contribution in [0.1, 0.15) is 30.2 Å². The van der Waals surface area contributed by atoms with E-state index < -0.39 is 0 Å². The van der Waals surface area contributed by atoms with Crippen molar-refractivity contribution in [3.05, 3.63) is 76.3 Å². The summed E-state index contributed by atoms with van der Waals surface area (Å²) in [5.41, 5.74) is 6.35. The van der Waals surface area contributed by atoms with Crippen molar-refractivity contribution in [1.29, 1.82) is 0 Å². The number of hydrogen-bond donors (Lipinski definition) is 2. The van der Waals surface area contributed by atoms with Crippen LogP contribution in [0.2, 0.25) is 0 Å². The molecule has 5 aromatic rings. The fourth-order valence-electron chi connectivity index (χ4n) is 3.77. The average Bonchev–Trinajstić information content (AvgIpc) is 3.49. The highest BCUT2D eigenvalue weighted by Gasteiger charge is 2.13. The monoisotopic (exact) mass is 428 g/mol. The molecule has 3 aromatic heterocycles. The minimum Gasteiger partial charge on any atom is -0.280 e. The Labute approximate surface area is 183 Å². The van der Waals surface area contributed by atoms with Crippen molar-refractivity contribution in [3.63, 3.8) is 0 Å². The van der Waals surface area contributed by atoms with Crippen LogP contribution in [-0.2, 0) is 12.8 Å². The fourth-order valence-corrected chi connectivity index (χ4v) is 4.09.